The number of hydrogen-bond donors (Lipinski definition) is 2. The average molecular weight is 268 g/mol. The number of ether oxygens (including phenoxy) is 1. The summed E-state index contributed by atoms with van der Waals surface area (Å²) >= 11 is 0. The number of H-pyrrole nitrogens is 2. The molecular formula is C10H20N8O. The molecule has 2 N–H and O–H groups in total. The van der Waals surface area contributed by atoms with Gasteiger partial charge in [0.05, 0.1) is 6.10 Å². The number of nitrogens with zero attached hydrogens (tertiary/aromatic N) is 6. The molecule has 106 valence electrons. The van der Waals surface area contributed by atoms with Crippen molar-refractivity contribution in [2.75, 3.05) is 0 Å². The van der Waals surface area contributed by atoms with Gasteiger partial charge in [0.15, 0.2) is 11.6 Å². The van der Waals surface area contributed by atoms with Crippen molar-refractivity contribution in [3.8, 4) is 0 Å². The van der Waals surface area contributed by atoms with Crippen molar-refractivity contribution in [2.24, 2.45) is 5.92 Å². The van der Waals surface area contributed by atoms with Gasteiger partial charge in [-0.3, -0.25) is 0 Å². The molecule has 2 heterocycles. The van der Waals surface area contributed by atoms with Gasteiger partial charge < -0.3 is 4.74 Å². The Labute approximate surface area is 111 Å². The van der Waals surface area contributed by atoms with E-state index in [1.54, 1.807) is 0 Å². The van der Waals surface area contributed by atoms with E-state index in [4.69, 9.17) is 4.74 Å². The summed E-state index contributed by atoms with van der Waals surface area (Å²) in [4.78, 5) is 0. The molecule has 19 heavy (non-hydrogen) atoms. The number of aromatic amines is 2. The summed E-state index contributed by atoms with van der Waals surface area (Å²) in [5, 5.41) is 26.6. The zero-order valence-corrected chi connectivity index (χ0v) is 11.7. The van der Waals surface area contributed by atoms with E-state index in [9.17, 15) is 0 Å². The Bertz CT molecular complexity index is 411. The van der Waals surface area contributed by atoms with Crippen molar-refractivity contribution in [1.29, 1.82) is 0 Å². The van der Waals surface area contributed by atoms with Crippen LogP contribution in [0, 0.1) is 5.92 Å². The SMILES string of the molecule is CC(C)Cc1nn[nH]n1.CC(C)OCc1nn[nH]n1. The molecule has 9 heteroatoms. The van der Waals surface area contributed by atoms with E-state index in [0.717, 1.165) is 12.2 Å². The zero-order chi connectivity index (χ0) is 14.1. The minimum absolute atomic E-state index is 0.207. The smallest absolute Gasteiger partial charge is 0.200 e. The van der Waals surface area contributed by atoms with Crippen LogP contribution in [-0.4, -0.2) is 47.4 Å². The zero-order valence-electron chi connectivity index (χ0n) is 11.7. The van der Waals surface area contributed by atoms with Gasteiger partial charge in [-0.2, -0.15) is 10.4 Å². The highest BCUT2D eigenvalue weighted by Crippen LogP contribution is 1.98. The quantitative estimate of drug-likeness (QED) is 0.811. The molecule has 9 nitrogen and oxygen atoms in total. The van der Waals surface area contributed by atoms with Crippen LogP contribution < -0.4 is 0 Å². The molecule has 2 aromatic heterocycles. The first-order valence-corrected chi connectivity index (χ1v) is 6.14. The minimum atomic E-state index is 0.207. The molecule has 0 aliphatic heterocycles. The van der Waals surface area contributed by atoms with Crippen molar-refractivity contribution in [3.05, 3.63) is 11.6 Å². The second-order valence-electron chi connectivity index (χ2n) is 4.61. The van der Waals surface area contributed by atoms with Gasteiger partial charge in [0.1, 0.15) is 6.61 Å². The van der Waals surface area contributed by atoms with Gasteiger partial charge in [-0.25, -0.2) is 0 Å². The molecule has 0 aromatic carbocycles. The van der Waals surface area contributed by atoms with Crippen molar-refractivity contribution in [2.45, 2.75) is 46.8 Å². The molecule has 0 radical (unpaired) electrons. The van der Waals surface area contributed by atoms with Crippen LogP contribution >= 0.6 is 0 Å². The monoisotopic (exact) mass is 268 g/mol. The van der Waals surface area contributed by atoms with Gasteiger partial charge in [0.25, 0.3) is 0 Å². The maximum absolute atomic E-state index is 5.20. The standard InChI is InChI=1S/C5H10N4O.C5H10N4/c1-4(2)10-3-5-6-8-9-7-5;1-4(2)3-5-6-8-9-7-5/h4H,3H2,1-2H3,(H,6,7,8,9);4H,3H2,1-2H3,(H,6,7,8,9). The summed E-state index contributed by atoms with van der Waals surface area (Å²) in [6.07, 6.45) is 1.11. The van der Waals surface area contributed by atoms with E-state index < -0.39 is 0 Å². The second kappa shape index (κ2) is 8.25. The average Bonchev–Trinajstić information content (AvgIpc) is 2.98. The molecule has 0 atom stereocenters. The fourth-order valence-electron chi connectivity index (χ4n) is 1.12. The lowest BCUT2D eigenvalue weighted by Crippen LogP contribution is -2.03. The van der Waals surface area contributed by atoms with Crippen molar-refractivity contribution in [1.82, 2.24) is 41.2 Å². The molecule has 0 fully saturated rings. The van der Waals surface area contributed by atoms with E-state index in [2.05, 4.69) is 55.1 Å². The van der Waals surface area contributed by atoms with E-state index in [-0.39, 0.29) is 6.10 Å². The third-order valence-corrected chi connectivity index (χ3v) is 1.92. The van der Waals surface area contributed by atoms with E-state index in [1.165, 1.54) is 0 Å². The Morgan fingerprint density at radius 1 is 0.947 bits per heavy atom. The Kier molecular flexibility index (Phi) is 6.58. The third-order valence-electron chi connectivity index (χ3n) is 1.92. The summed E-state index contributed by atoms with van der Waals surface area (Å²) in [7, 11) is 0. The largest absolute Gasteiger partial charge is 0.371 e. The van der Waals surface area contributed by atoms with Crippen LogP contribution in [-0.2, 0) is 17.8 Å². The van der Waals surface area contributed by atoms with Crippen LogP contribution in [0.3, 0.4) is 0 Å². The highest BCUT2D eigenvalue weighted by molar-refractivity contribution is 4.76. The lowest BCUT2D eigenvalue weighted by atomic mass is 10.1. The summed E-state index contributed by atoms with van der Waals surface area (Å²) in [5.74, 6) is 1.99. The van der Waals surface area contributed by atoms with Gasteiger partial charge in [-0.1, -0.05) is 24.3 Å². The lowest BCUT2D eigenvalue weighted by Gasteiger charge is -2.02. The molecule has 2 rings (SSSR count). The van der Waals surface area contributed by atoms with Crippen LogP contribution in [0.2, 0.25) is 0 Å². The number of nitrogens with one attached hydrogen (secondary N) is 2. The van der Waals surface area contributed by atoms with Crippen molar-refractivity contribution < 1.29 is 4.74 Å². The number of rotatable bonds is 5. The molecule has 0 spiro atoms. The van der Waals surface area contributed by atoms with Gasteiger partial charge in [0, 0.05) is 6.42 Å². The predicted octanol–water partition coefficient (Wildman–Crippen LogP) is 0.523. The van der Waals surface area contributed by atoms with Gasteiger partial charge in [-0.15, -0.1) is 20.4 Å². The second-order valence-corrected chi connectivity index (χ2v) is 4.61. The molecule has 0 unspecified atom stereocenters. The summed E-state index contributed by atoms with van der Waals surface area (Å²) in [6.45, 7) is 8.58. The van der Waals surface area contributed by atoms with E-state index >= 15 is 0 Å². The molecule has 0 saturated carbocycles. The molecule has 0 bridgehead atoms. The molecule has 0 aliphatic carbocycles. The van der Waals surface area contributed by atoms with Crippen LogP contribution in [0.25, 0.3) is 0 Å². The normalized spacial score (nSPS) is 10.6. The van der Waals surface area contributed by atoms with Crippen molar-refractivity contribution in [3.63, 3.8) is 0 Å². The highest BCUT2D eigenvalue weighted by atomic mass is 16.5. The Morgan fingerprint density at radius 2 is 1.53 bits per heavy atom. The molecule has 0 aliphatic rings. The van der Waals surface area contributed by atoms with E-state index in [0.29, 0.717) is 18.3 Å². The fourth-order valence-corrected chi connectivity index (χ4v) is 1.12. The van der Waals surface area contributed by atoms with Crippen LogP contribution in [0.4, 0.5) is 0 Å². The highest BCUT2D eigenvalue weighted by Gasteiger charge is 2.00. The minimum Gasteiger partial charge on any atom is -0.371 e. The topological polar surface area (TPSA) is 118 Å². The third kappa shape index (κ3) is 7.19. The molecule has 0 amide bonds. The summed E-state index contributed by atoms with van der Waals surface area (Å²) in [5.41, 5.74) is 0. The molecular weight excluding hydrogens is 248 g/mol. The molecule has 2 aromatic rings. The number of tetrazole rings is 2. The van der Waals surface area contributed by atoms with Crippen LogP contribution in [0.5, 0.6) is 0 Å². The Hall–Kier alpha value is -1.90. The first-order chi connectivity index (χ1) is 9.08. The lowest BCUT2D eigenvalue weighted by molar-refractivity contribution is 0.0613. The van der Waals surface area contributed by atoms with Gasteiger partial charge in [-0.05, 0) is 19.8 Å². The number of hydrogen-bond acceptors (Lipinski definition) is 7. The Morgan fingerprint density at radius 3 is 1.95 bits per heavy atom. The maximum atomic E-state index is 5.20. The van der Waals surface area contributed by atoms with Crippen LogP contribution in [0.1, 0.15) is 39.3 Å². The number of aromatic nitrogens is 8. The molecule has 0 saturated heterocycles. The fraction of sp³-hybridized carbons (Fsp3) is 0.800. The first kappa shape index (κ1) is 15.2. The van der Waals surface area contributed by atoms with Crippen molar-refractivity contribution >= 4 is 0 Å². The van der Waals surface area contributed by atoms with E-state index in [1.807, 2.05) is 13.8 Å². The summed E-state index contributed by atoms with van der Waals surface area (Å²) < 4.78 is 5.20. The first-order valence-electron chi connectivity index (χ1n) is 6.14. The Balaban J connectivity index is 0.000000191. The predicted molar refractivity (Wildman–Crippen MR) is 66.8 cm³/mol. The van der Waals surface area contributed by atoms with Gasteiger partial charge in [0.2, 0.25) is 0 Å². The summed E-state index contributed by atoms with van der Waals surface area (Å²) in [6, 6.07) is 0. The maximum Gasteiger partial charge on any atom is 0.200 e. The van der Waals surface area contributed by atoms with Crippen LogP contribution in [0.15, 0.2) is 0 Å². The van der Waals surface area contributed by atoms with Gasteiger partial charge >= 0.3 is 0 Å².